The van der Waals surface area contributed by atoms with Crippen molar-refractivity contribution in [2.75, 3.05) is 31.5 Å². The molecule has 1 aliphatic heterocycles. The van der Waals surface area contributed by atoms with E-state index in [-0.39, 0.29) is 11.8 Å². The van der Waals surface area contributed by atoms with Crippen LogP contribution in [0.2, 0.25) is 0 Å². The SMILES string of the molecule is CCc1ccc(-n2c(CN3CCN(C(=O)Nc4ccc(C)c(F)c4)CC3)nc3cccnc32)cc1. The Morgan fingerprint density at radius 1 is 1.06 bits per heavy atom. The summed E-state index contributed by atoms with van der Waals surface area (Å²) in [5.74, 6) is 0.602. The Balaban J connectivity index is 1.28. The summed E-state index contributed by atoms with van der Waals surface area (Å²) < 4.78 is 15.9. The maximum atomic E-state index is 13.8. The van der Waals surface area contributed by atoms with Gasteiger partial charge in [0.25, 0.3) is 0 Å². The lowest BCUT2D eigenvalue weighted by atomic mass is 10.1. The second-order valence-corrected chi connectivity index (χ2v) is 8.89. The van der Waals surface area contributed by atoms with Crippen molar-refractivity contribution in [2.24, 2.45) is 0 Å². The van der Waals surface area contributed by atoms with Crippen molar-refractivity contribution in [1.29, 1.82) is 0 Å². The zero-order chi connectivity index (χ0) is 24.4. The monoisotopic (exact) mass is 472 g/mol. The minimum Gasteiger partial charge on any atom is -0.322 e. The lowest BCUT2D eigenvalue weighted by Gasteiger charge is -2.34. The Hall–Kier alpha value is -3.78. The summed E-state index contributed by atoms with van der Waals surface area (Å²) >= 11 is 0. The number of nitrogens with one attached hydrogen (secondary N) is 1. The molecule has 0 atom stereocenters. The number of urea groups is 1. The summed E-state index contributed by atoms with van der Waals surface area (Å²) in [4.78, 5) is 26.2. The molecule has 35 heavy (non-hydrogen) atoms. The molecule has 2 amide bonds. The van der Waals surface area contributed by atoms with E-state index in [1.807, 2.05) is 12.1 Å². The Morgan fingerprint density at radius 2 is 1.83 bits per heavy atom. The van der Waals surface area contributed by atoms with Crippen LogP contribution in [-0.2, 0) is 13.0 Å². The van der Waals surface area contributed by atoms with Crippen LogP contribution < -0.4 is 5.32 Å². The van der Waals surface area contributed by atoms with Gasteiger partial charge in [-0.2, -0.15) is 0 Å². The molecule has 1 fully saturated rings. The number of hydrogen-bond donors (Lipinski definition) is 1. The molecule has 3 heterocycles. The van der Waals surface area contributed by atoms with Crippen molar-refractivity contribution < 1.29 is 9.18 Å². The van der Waals surface area contributed by atoms with Gasteiger partial charge in [-0.05, 0) is 60.9 Å². The minimum atomic E-state index is -0.325. The largest absolute Gasteiger partial charge is 0.322 e. The van der Waals surface area contributed by atoms with Gasteiger partial charge in [-0.15, -0.1) is 0 Å². The first kappa shape index (κ1) is 23.0. The van der Waals surface area contributed by atoms with Crippen LogP contribution in [0.25, 0.3) is 16.9 Å². The number of fused-ring (bicyclic) bond motifs is 1. The first-order chi connectivity index (χ1) is 17.0. The van der Waals surface area contributed by atoms with Crippen LogP contribution >= 0.6 is 0 Å². The number of pyridine rings is 1. The smallest absolute Gasteiger partial charge is 0.321 e. The molecule has 7 nitrogen and oxygen atoms in total. The third kappa shape index (κ3) is 4.88. The number of aromatic nitrogens is 3. The molecular weight excluding hydrogens is 443 g/mol. The average molecular weight is 473 g/mol. The second-order valence-electron chi connectivity index (χ2n) is 8.89. The number of benzene rings is 2. The van der Waals surface area contributed by atoms with E-state index in [0.717, 1.165) is 42.2 Å². The lowest BCUT2D eigenvalue weighted by Crippen LogP contribution is -2.49. The van der Waals surface area contributed by atoms with Crippen LogP contribution in [0.5, 0.6) is 0 Å². The summed E-state index contributed by atoms with van der Waals surface area (Å²) in [5.41, 5.74) is 5.06. The maximum Gasteiger partial charge on any atom is 0.321 e. The first-order valence-corrected chi connectivity index (χ1v) is 12.0. The molecule has 1 N–H and O–H groups in total. The predicted octanol–water partition coefficient (Wildman–Crippen LogP) is 4.78. The van der Waals surface area contributed by atoms with Crippen molar-refractivity contribution in [3.63, 3.8) is 0 Å². The van der Waals surface area contributed by atoms with Gasteiger partial charge in [0.1, 0.15) is 17.2 Å². The highest BCUT2D eigenvalue weighted by Crippen LogP contribution is 2.22. The molecule has 0 saturated carbocycles. The van der Waals surface area contributed by atoms with Crippen molar-refractivity contribution in [1.82, 2.24) is 24.3 Å². The van der Waals surface area contributed by atoms with Crippen molar-refractivity contribution >= 4 is 22.9 Å². The summed E-state index contributed by atoms with van der Waals surface area (Å²) in [6, 6.07) is 17.0. The number of hydrogen-bond acceptors (Lipinski definition) is 4. The summed E-state index contributed by atoms with van der Waals surface area (Å²) in [7, 11) is 0. The van der Waals surface area contributed by atoms with E-state index in [0.29, 0.717) is 30.9 Å². The molecule has 4 aromatic rings. The molecule has 0 aliphatic carbocycles. The van der Waals surface area contributed by atoms with E-state index >= 15 is 0 Å². The van der Waals surface area contributed by atoms with E-state index in [4.69, 9.17) is 4.98 Å². The number of anilines is 1. The molecule has 2 aromatic carbocycles. The molecule has 0 radical (unpaired) electrons. The van der Waals surface area contributed by atoms with Crippen LogP contribution in [0.3, 0.4) is 0 Å². The van der Waals surface area contributed by atoms with Crippen LogP contribution in [0.15, 0.2) is 60.8 Å². The molecule has 0 spiro atoms. The van der Waals surface area contributed by atoms with E-state index in [9.17, 15) is 9.18 Å². The van der Waals surface area contributed by atoms with E-state index in [2.05, 4.69) is 51.0 Å². The van der Waals surface area contributed by atoms with Crippen molar-refractivity contribution in [2.45, 2.75) is 26.8 Å². The van der Waals surface area contributed by atoms with E-state index < -0.39 is 0 Å². The minimum absolute atomic E-state index is 0.208. The van der Waals surface area contributed by atoms with Crippen LogP contribution in [0.1, 0.15) is 23.9 Å². The van der Waals surface area contributed by atoms with Gasteiger partial charge < -0.3 is 10.2 Å². The number of carbonyl (C=O) groups excluding carboxylic acids is 1. The fourth-order valence-electron chi connectivity index (χ4n) is 4.40. The van der Waals surface area contributed by atoms with Gasteiger partial charge >= 0.3 is 6.03 Å². The third-order valence-electron chi connectivity index (χ3n) is 6.54. The maximum absolute atomic E-state index is 13.8. The number of carbonyl (C=O) groups is 1. The topological polar surface area (TPSA) is 66.3 Å². The lowest BCUT2D eigenvalue weighted by molar-refractivity contribution is 0.140. The highest BCUT2D eigenvalue weighted by atomic mass is 19.1. The number of piperazine rings is 1. The van der Waals surface area contributed by atoms with Crippen LogP contribution in [-0.4, -0.2) is 56.5 Å². The number of nitrogens with zero attached hydrogens (tertiary/aromatic N) is 5. The number of aryl methyl sites for hydroxylation is 2. The fraction of sp³-hybridized carbons (Fsp3) is 0.296. The Bertz CT molecular complexity index is 1340. The van der Waals surface area contributed by atoms with Gasteiger partial charge in [0.15, 0.2) is 5.65 Å². The molecule has 180 valence electrons. The second kappa shape index (κ2) is 9.84. The average Bonchev–Trinajstić information content (AvgIpc) is 3.24. The Morgan fingerprint density at radius 3 is 2.54 bits per heavy atom. The van der Waals surface area contributed by atoms with Gasteiger partial charge in [0.2, 0.25) is 0 Å². The van der Waals surface area contributed by atoms with E-state index in [1.54, 1.807) is 30.2 Å². The van der Waals surface area contributed by atoms with Crippen molar-refractivity contribution in [3.05, 3.63) is 83.6 Å². The molecule has 1 saturated heterocycles. The zero-order valence-corrected chi connectivity index (χ0v) is 20.0. The fourth-order valence-corrected chi connectivity index (χ4v) is 4.40. The molecule has 1 aliphatic rings. The third-order valence-corrected chi connectivity index (χ3v) is 6.54. The molecule has 5 rings (SSSR count). The molecule has 0 unspecified atom stereocenters. The highest BCUT2D eigenvalue weighted by Gasteiger charge is 2.23. The molecular formula is C27H29FN6O. The van der Waals surface area contributed by atoms with Gasteiger partial charge in [0, 0.05) is 43.8 Å². The number of rotatable bonds is 5. The standard InChI is InChI=1S/C27H29FN6O/c1-3-20-7-10-22(11-8-20)34-25(31-24-5-4-12-29-26(24)34)18-32-13-15-33(16-14-32)27(35)30-21-9-6-19(2)23(28)17-21/h4-12,17H,3,13-16,18H2,1-2H3,(H,30,35). The summed E-state index contributed by atoms with van der Waals surface area (Å²) in [5, 5.41) is 2.81. The van der Waals surface area contributed by atoms with Crippen molar-refractivity contribution in [3.8, 4) is 5.69 Å². The normalized spacial score (nSPS) is 14.4. The summed E-state index contributed by atoms with van der Waals surface area (Å²) in [6.07, 6.45) is 2.79. The predicted molar refractivity (Wildman–Crippen MR) is 135 cm³/mol. The number of halogens is 1. The van der Waals surface area contributed by atoms with Gasteiger partial charge in [-0.3, -0.25) is 9.47 Å². The van der Waals surface area contributed by atoms with Gasteiger partial charge in [-0.1, -0.05) is 25.1 Å². The van der Waals surface area contributed by atoms with Crippen LogP contribution in [0, 0.1) is 12.7 Å². The molecule has 2 aromatic heterocycles. The molecule has 8 heteroatoms. The number of amides is 2. The summed E-state index contributed by atoms with van der Waals surface area (Å²) in [6.45, 7) is 7.12. The Labute approximate surface area is 204 Å². The van der Waals surface area contributed by atoms with Gasteiger partial charge in [-0.25, -0.2) is 19.2 Å². The van der Waals surface area contributed by atoms with Crippen LogP contribution in [0.4, 0.5) is 14.9 Å². The number of imidazole rings is 1. The quantitative estimate of drug-likeness (QED) is 0.454. The molecule has 0 bridgehead atoms. The van der Waals surface area contributed by atoms with Gasteiger partial charge in [0.05, 0.1) is 6.54 Å². The Kier molecular flexibility index (Phi) is 6.46. The van der Waals surface area contributed by atoms with E-state index in [1.165, 1.54) is 11.6 Å². The highest BCUT2D eigenvalue weighted by molar-refractivity contribution is 5.89. The zero-order valence-electron chi connectivity index (χ0n) is 20.0. The first-order valence-electron chi connectivity index (χ1n) is 12.0.